The van der Waals surface area contributed by atoms with Crippen LogP contribution in [0.15, 0.2) is 35.3 Å². The molecule has 1 fully saturated rings. The number of ketones is 1. The van der Waals surface area contributed by atoms with Crippen LogP contribution in [0.1, 0.15) is 51.5 Å². The molecular formula is C26H39FN6O5. The molecule has 210 valence electrons. The maximum absolute atomic E-state index is 13.5. The fraction of sp³-hybridized carbons (Fsp3) is 0.577. The van der Waals surface area contributed by atoms with Gasteiger partial charge < -0.3 is 31.7 Å². The molecule has 12 heteroatoms. The number of alkyl halides is 1. The first-order valence-electron chi connectivity index (χ1n) is 12.8. The summed E-state index contributed by atoms with van der Waals surface area (Å²) in [5.74, 6) is -1.74. The summed E-state index contributed by atoms with van der Waals surface area (Å²) in [6.45, 7) is 3.20. The van der Waals surface area contributed by atoms with Crippen molar-refractivity contribution >= 4 is 29.7 Å². The zero-order valence-corrected chi connectivity index (χ0v) is 22.0. The SMILES string of the molecule is CC(C)CC(NC(=O)OCc1ccccc1)C(=O)N1CCCC1C(=O)NC(CCCN=C(N)N)C(=O)CF. The van der Waals surface area contributed by atoms with Crippen molar-refractivity contribution in [2.45, 2.75) is 70.7 Å². The summed E-state index contributed by atoms with van der Waals surface area (Å²) in [5.41, 5.74) is 11.4. The molecule has 3 atom stereocenters. The fourth-order valence-corrected chi connectivity index (χ4v) is 4.28. The van der Waals surface area contributed by atoms with Crippen LogP contribution in [0, 0.1) is 5.92 Å². The van der Waals surface area contributed by atoms with Crippen molar-refractivity contribution in [1.29, 1.82) is 0 Å². The summed E-state index contributed by atoms with van der Waals surface area (Å²) < 4.78 is 18.4. The second-order valence-electron chi connectivity index (χ2n) is 9.69. The number of carbonyl (C=O) groups excluding carboxylic acids is 4. The van der Waals surface area contributed by atoms with Crippen LogP contribution in [0.25, 0.3) is 0 Å². The number of hydrogen-bond acceptors (Lipinski definition) is 6. The minimum absolute atomic E-state index is 0.0528. The minimum Gasteiger partial charge on any atom is -0.445 e. The highest BCUT2D eigenvalue weighted by Crippen LogP contribution is 2.21. The van der Waals surface area contributed by atoms with Gasteiger partial charge in [0.05, 0.1) is 6.04 Å². The molecule has 0 saturated carbocycles. The summed E-state index contributed by atoms with van der Waals surface area (Å²) in [7, 11) is 0. The highest BCUT2D eigenvalue weighted by molar-refractivity contribution is 5.95. The Balaban J connectivity index is 2.04. The number of ether oxygens (including phenoxy) is 1. The maximum Gasteiger partial charge on any atom is 0.408 e. The van der Waals surface area contributed by atoms with Gasteiger partial charge in [0.1, 0.15) is 25.4 Å². The Morgan fingerprint density at radius 2 is 1.84 bits per heavy atom. The van der Waals surface area contributed by atoms with Gasteiger partial charge >= 0.3 is 6.09 Å². The summed E-state index contributed by atoms with van der Waals surface area (Å²) in [6.07, 6.45) is 1.07. The van der Waals surface area contributed by atoms with Gasteiger partial charge in [0.2, 0.25) is 11.8 Å². The topological polar surface area (TPSA) is 169 Å². The van der Waals surface area contributed by atoms with E-state index in [4.69, 9.17) is 16.2 Å². The van der Waals surface area contributed by atoms with Crippen LogP contribution in [0.3, 0.4) is 0 Å². The highest BCUT2D eigenvalue weighted by atomic mass is 19.1. The van der Waals surface area contributed by atoms with Gasteiger partial charge in [0, 0.05) is 13.1 Å². The molecule has 2 rings (SSSR count). The standard InChI is InChI=1S/C26H39FN6O5/c1-17(2)14-20(32-26(37)38-16-18-8-4-3-5-9-18)24(36)33-13-7-11-21(33)23(35)31-19(22(34)15-27)10-6-12-30-25(28)29/h3-5,8-9,17,19-21H,6-7,10-16H2,1-2H3,(H,31,35)(H,32,37)(H4,28,29,30). The number of amides is 3. The van der Waals surface area contributed by atoms with Gasteiger partial charge in [-0.2, -0.15) is 0 Å². The fourth-order valence-electron chi connectivity index (χ4n) is 4.28. The van der Waals surface area contributed by atoms with Gasteiger partial charge in [-0.3, -0.25) is 19.4 Å². The number of aliphatic imine (C=N–C) groups is 1. The van der Waals surface area contributed by atoms with Crippen LogP contribution in [-0.4, -0.2) is 72.4 Å². The number of rotatable bonds is 14. The first-order chi connectivity index (χ1) is 18.1. The summed E-state index contributed by atoms with van der Waals surface area (Å²) in [5, 5.41) is 5.24. The molecule has 1 aliphatic heterocycles. The molecule has 11 nitrogen and oxygen atoms in total. The lowest BCUT2D eigenvalue weighted by atomic mass is 10.0. The van der Waals surface area contributed by atoms with E-state index < -0.39 is 48.5 Å². The third kappa shape index (κ3) is 9.98. The number of Topliss-reactive ketones (excluding diaryl/α,β-unsaturated/α-hetero) is 1. The Labute approximate surface area is 222 Å². The molecule has 0 radical (unpaired) electrons. The molecule has 1 aromatic rings. The Morgan fingerprint density at radius 3 is 2.47 bits per heavy atom. The van der Waals surface area contributed by atoms with E-state index in [1.165, 1.54) is 4.90 Å². The average Bonchev–Trinajstić information content (AvgIpc) is 3.38. The smallest absolute Gasteiger partial charge is 0.408 e. The van der Waals surface area contributed by atoms with Crippen molar-refractivity contribution in [2.75, 3.05) is 19.8 Å². The number of carbonyl (C=O) groups is 4. The maximum atomic E-state index is 13.5. The molecule has 1 heterocycles. The molecule has 0 aromatic heterocycles. The van der Waals surface area contributed by atoms with Gasteiger partial charge in [0.15, 0.2) is 11.7 Å². The number of alkyl carbamates (subject to hydrolysis) is 1. The van der Waals surface area contributed by atoms with Crippen LogP contribution in [0.4, 0.5) is 9.18 Å². The summed E-state index contributed by atoms with van der Waals surface area (Å²) in [4.78, 5) is 56.4. The molecule has 6 N–H and O–H groups in total. The van der Waals surface area contributed by atoms with E-state index in [-0.39, 0.29) is 31.4 Å². The quantitative estimate of drug-likeness (QED) is 0.159. The average molecular weight is 535 g/mol. The summed E-state index contributed by atoms with van der Waals surface area (Å²) in [6, 6.07) is 6.36. The number of likely N-dealkylation sites (tertiary alicyclic amines) is 1. The van der Waals surface area contributed by atoms with Crippen molar-refractivity contribution in [3.63, 3.8) is 0 Å². The van der Waals surface area contributed by atoms with Crippen LogP contribution in [0.2, 0.25) is 0 Å². The highest BCUT2D eigenvalue weighted by Gasteiger charge is 2.39. The minimum atomic E-state index is -1.23. The molecule has 1 aromatic carbocycles. The van der Waals surface area contributed by atoms with E-state index in [1.807, 2.05) is 44.2 Å². The van der Waals surface area contributed by atoms with E-state index in [1.54, 1.807) is 0 Å². The van der Waals surface area contributed by atoms with Gasteiger partial charge in [-0.1, -0.05) is 44.2 Å². The lowest BCUT2D eigenvalue weighted by Gasteiger charge is -2.30. The molecule has 1 saturated heterocycles. The molecule has 3 amide bonds. The summed E-state index contributed by atoms with van der Waals surface area (Å²) >= 11 is 0. The largest absolute Gasteiger partial charge is 0.445 e. The first-order valence-corrected chi connectivity index (χ1v) is 12.8. The van der Waals surface area contributed by atoms with Crippen LogP contribution in [0.5, 0.6) is 0 Å². The number of hydrogen-bond donors (Lipinski definition) is 4. The Hall–Kier alpha value is -3.70. The monoisotopic (exact) mass is 534 g/mol. The third-order valence-electron chi connectivity index (χ3n) is 6.13. The number of benzene rings is 1. The van der Waals surface area contributed by atoms with Gasteiger partial charge in [-0.05, 0) is 43.6 Å². The Kier molecular flexibility index (Phi) is 12.5. The van der Waals surface area contributed by atoms with E-state index in [0.717, 1.165) is 5.56 Å². The van der Waals surface area contributed by atoms with E-state index in [2.05, 4.69) is 15.6 Å². The van der Waals surface area contributed by atoms with Crippen molar-refractivity contribution in [2.24, 2.45) is 22.4 Å². The molecule has 0 spiro atoms. The van der Waals surface area contributed by atoms with Gasteiger partial charge in [-0.15, -0.1) is 0 Å². The second-order valence-corrected chi connectivity index (χ2v) is 9.69. The third-order valence-corrected chi connectivity index (χ3v) is 6.13. The normalized spacial score (nSPS) is 16.4. The lowest BCUT2D eigenvalue weighted by molar-refractivity contribution is -0.141. The zero-order valence-electron chi connectivity index (χ0n) is 22.0. The zero-order chi connectivity index (χ0) is 28.1. The predicted molar refractivity (Wildman–Crippen MR) is 141 cm³/mol. The molecule has 1 aliphatic rings. The van der Waals surface area contributed by atoms with E-state index in [0.29, 0.717) is 32.2 Å². The second kappa shape index (κ2) is 15.5. The Morgan fingerprint density at radius 1 is 1.13 bits per heavy atom. The molecule has 0 bridgehead atoms. The van der Waals surface area contributed by atoms with Crippen LogP contribution < -0.4 is 22.1 Å². The van der Waals surface area contributed by atoms with E-state index in [9.17, 15) is 23.6 Å². The van der Waals surface area contributed by atoms with Crippen LogP contribution >= 0.6 is 0 Å². The molecular weight excluding hydrogens is 495 g/mol. The lowest BCUT2D eigenvalue weighted by Crippen LogP contribution is -2.55. The van der Waals surface area contributed by atoms with Gasteiger partial charge in [0.25, 0.3) is 0 Å². The molecule has 0 aliphatic carbocycles. The van der Waals surface area contributed by atoms with E-state index >= 15 is 0 Å². The van der Waals surface area contributed by atoms with Crippen molar-refractivity contribution < 1.29 is 28.3 Å². The number of halogens is 1. The number of nitrogens with two attached hydrogens (primary N) is 2. The first kappa shape index (κ1) is 30.5. The predicted octanol–water partition coefficient (Wildman–Crippen LogP) is 1.40. The van der Waals surface area contributed by atoms with Crippen LogP contribution in [-0.2, 0) is 25.7 Å². The number of nitrogens with one attached hydrogen (secondary N) is 2. The number of guanidine groups is 1. The van der Waals surface area contributed by atoms with Crippen molar-refractivity contribution in [3.05, 3.63) is 35.9 Å². The Bertz CT molecular complexity index is 970. The van der Waals surface area contributed by atoms with Crippen molar-refractivity contribution in [3.8, 4) is 0 Å². The van der Waals surface area contributed by atoms with Gasteiger partial charge in [-0.25, -0.2) is 9.18 Å². The molecule has 3 unspecified atom stereocenters. The number of nitrogens with zero attached hydrogens (tertiary/aromatic N) is 2. The van der Waals surface area contributed by atoms with Crippen molar-refractivity contribution in [1.82, 2.24) is 15.5 Å². The molecule has 38 heavy (non-hydrogen) atoms.